The molecule has 0 amide bonds. The second kappa shape index (κ2) is 4.98. The first-order valence-corrected chi connectivity index (χ1v) is 6.64. The number of furan rings is 1. The number of aromatic nitrogens is 2. The van der Waals surface area contributed by atoms with E-state index in [1.807, 2.05) is 6.07 Å². The van der Waals surface area contributed by atoms with Crippen molar-refractivity contribution in [2.24, 2.45) is 5.73 Å². The Morgan fingerprint density at radius 2 is 2.22 bits per heavy atom. The number of nitrogens with two attached hydrogens (primary N) is 1. The molecule has 0 saturated heterocycles. The number of hydrogen-bond donors (Lipinski definition) is 1. The van der Waals surface area contributed by atoms with Crippen LogP contribution in [0, 0.1) is 0 Å². The molecule has 0 radical (unpaired) electrons. The first-order valence-electron chi connectivity index (χ1n) is 6.64. The van der Waals surface area contributed by atoms with E-state index in [0.717, 1.165) is 17.7 Å². The molecule has 4 nitrogen and oxygen atoms in total. The lowest BCUT2D eigenvalue weighted by molar-refractivity contribution is 0.461. The fourth-order valence-electron chi connectivity index (χ4n) is 2.69. The van der Waals surface area contributed by atoms with Crippen LogP contribution in [-0.2, 0) is 6.42 Å². The van der Waals surface area contributed by atoms with Crippen LogP contribution in [0.3, 0.4) is 0 Å². The summed E-state index contributed by atoms with van der Waals surface area (Å²) in [5.74, 6) is 0. The molecule has 1 atom stereocenters. The van der Waals surface area contributed by atoms with Crippen LogP contribution in [-0.4, -0.2) is 9.78 Å². The average molecular weight is 245 g/mol. The van der Waals surface area contributed by atoms with Gasteiger partial charge >= 0.3 is 0 Å². The second-order valence-corrected chi connectivity index (χ2v) is 5.09. The summed E-state index contributed by atoms with van der Waals surface area (Å²) in [4.78, 5) is 0. The minimum absolute atomic E-state index is 0.0318. The largest absolute Gasteiger partial charge is 0.472 e. The van der Waals surface area contributed by atoms with Gasteiger partial charge in [0.05, 0.1) is 24.3 Å². The van der Waals surface area contributed by atoms with Gasteiger partial charge in [0.15, 0.2) is 0 Å². The van der Waals surface area contributed by atoms with Gasteiger partial charge < -0.3 is 10.2 Å². The molecule has 0 aromatic carbocycles. The van der Waals surface area contributed by atoms with Gasteiger partial charge in [-0.3, -0.25) is 4.68 Å². The van der Waals surface area contributed by atoms with E-state index < -0.39 is 0 Å². The van der Waals surface area contributed by atoms with Gasteiger partial charge in [-0.25, -0.2) is 0 Å². The van der Waals surface area contributed by atoms with Crippen LogP contribution in [0.5, 0.6) is 0 Å². The summed E-state index contributed by atoms with van der Waals surface area (Å²) in [6.45, 7) is 0. The Kier molecular flexibility index (Phi) is 3.19. The van der Waals surface area contributed by atoms with E-state index >= 15 is 0 Å². The lowest BCUT2D eigenvalue weighted by Crippen LogP contribution is -2.13. The third-order valence-corrected chi connectivity index (χ3v) is 3.76. The molecule has 0 spiro atoms. The summed E-state index contributed by atoms with van der Waals surface area (Å²) in [6.07, 6.45) is 11.4. The van der Waals surface area contributed by atoms with Crippen LogP contribution < -0.4 is 5.73 Å². The monoisotopic (exact) mass is 245 g/mol. The molecule has 0 bridgehead atoms. The summed E-state index contributed by atoms with van der Waals surface area (Å²) in [7, 11) is 0. The van der Waals surface area contributed by atoms with Crippen LogP contribution >= 0.6 is 0 Å². The highest BCUT2D eigenvalue weighted by Gasteiger charge is 2.18. The Bertz CT molecular complexity index is 483. The first-order chi connectivity index (χ1) is 8.83. The Morgan fingerprint density at radius 1 is 1.39 bits per heavy atom. The van der Waals surface area contributed by atoms with E-state index in [-0.39, 0.29) is 6.04 Å². The lowest BCUT2D eigenvalue weighted by Gasteiger charge is -2.10. The van der Waals surface area contributed by atoms with E-state index in [9.17, 15) is 0 Å². The number of nitrogens with zero attached hydrogens (tertiary/aromatic N) is 2. The highest BCUT2D eigenvalue weighted by atomic mass is 16.3. The van der Waals surface area contributed by atoms with E-state index in [2.05, 4.69) is 22.0 Å². The zero-order valence-electron chi connectivity index (χ0n) is 10.5. The summed E-state index contributed by atoms with van der Waals surface area (Å²) in [6, 6.07) is 4.57. The van der Waals surface area contributed by atoms with Crippen LogP contribution in [0.1, 0.15) is 49.0 Å². The van der Waals surface area contributed by atoms with Gasteiger partial charge in [-0.15, -0.1) is 0 Å². The SMILES string of the molecule is NC(Cc1ccn(C2CCCC2)n1)c1ccoc1. The lowest BCUT2D eigenvalue weighted by atomic mass is 10.1. The van der Waals surface area contributed by atoms with Crippen molar-refractivity contribution in [2.45, 2.75) is 44.2 Å². The van der Waals surface area contributed by atoms with Gasteiger partial charge in [-0.1, -0.05) is 12.8 Å². The molecule has 1 saturated carbocycles. The van der Waals surface area contributed by atoms with Crippen molar-refractivity contribution < 1.29 is 4.42 Å². The molecule has 2 N–H and O–H groups in total. The van der Waals surface area contributed by atoms with Gasteiger partial charge in [-0.05, 0) is 25.0 Å². The summed E-state index contributed by atoms with van der Waals surface area (Å²) >= 11 is 0. The Hall–Kier alpha value is -1.55. The van der Waals surface area contributed by atoms with Crippen molar-refractivity contribution in [3.8, 4) is 0 Å². The fourth-order valence-corrected chi connectivity index (χ4v) is 2.69. The normalized spacial score (nSPS) is 18.3. The van der Waals surface area contributed by atoms with Crippen molar-refractivity contribution in [3.63, 3.8) is 0 Å². The smallest absolute Gasteiger partial charge is 0.0950 e. The molecule has 1 unspecified atom stereocenters. The summed E-state index contributed by atoms with van der Waals surface area (Å²) < 4.78 is 7.17. The molecule has 2 aromatic rings. The molecule has 2 aromatic heterocycles. The van der Waals surface area contributed by atoms with Crippen molar-refractivity contribution >= 4 is 0 Å². The Labute approximate surface area is 107 Å². The Balaban J connectivity index is 1.66. The van der Waals surface area contributed by atoms with Crippen molar-refractivity contribution in [3.05, 3.63) is 42.1 Å². The second-order valence-electron chi connectivity index (χ2n) is 5.09. The molecular formula is C14H19N3O. The molecular weight excluding hydrogens is 226 g/mol. The molecule has 18 heavy (non-hydrogen) atoms. The first kappa shape index (κ1) is 11.5. The average Bonchev–Trinajstić information content (AvgIpc) is 3.12. The third kappa shape index (κ3) is 2.34. The topological polar surface area (TPSA) is 57.0 Å². The van der Waals surface area contributed by atoms with Crippen molar-refractivity contribution in [1.82, 2.24) is 9.78 Å². The van der Waals surface area contributed by atoms with Gasteiger partial charge in [0.1, 0.15) is 0 Å². The number of hydrogen-bond acceptors (Lipinski definition) is 3. The molecule has 0 aliphatic heterocycles. The highest BCUT2D eigenvalue weighted by Crippen LogP contribution is 2.29. The maximum atomic E-state index is 6.12. The predicted octanol–water partition coefficient (Wildman–Crippen LogP) is 2.83. The molecule has 3 rings (SSSR count). The third-order valence-electron chi connectivity index (χ3n) is 3.76. The summed E-state index contributed by atoms with van der Waals surface area (Å²) in [5.41, 5.74) is 8.22. The van der Waals surface area contributed by atoms with Gasteiger partial charge in [0.25, 0.3) is 0 Å². The predicted molar refractivity (Wildman–Crippen MR) is 69.1 cm³/mol. The fraction of sp³-hybridized carbons (Fsp3) is 0.500. The highest BCUT2D eigenvalue weighted by molar-refractivity contribution is 5.14. The van der Waals surface area contributed by atoms with Gasteiger partial charge in [-0.2, -0.15) is 5.10 Å². The zero-order valence-corrected chi connectivity index (χ0v) is 10.5. The van der Waals surface area contributed by atoms with Crippen molar-refractivity contribution in [2.75, 3.05) is 0 Å². The van der Waals surface area contributed by atoms with Crippen LogP contribution in [0.4, 0.5) is 0 Å². The maximum Gasteiger partial charge on any atom is 0.0950 e. The molecule has 1 aliphatic rings. The quantitative estimate of drug-likeness (QED) is 0.901. The zero-order chi connectivity index (χ0) is 12.4. The van der Waals surface area contributed by atoms with Gasteiger partial charge in [0.2, 0.25) is 0 Å². The minimum Gasteiger partial charge on any atom is -0.472 e. The molecule has 4 heteroatoms. The summed E-state index contributed by atoms with van der Waals surface area (Å²) in [5, 5.41) is 4.65. The molecule has 1 aliphatic carbocycles. The van der Waals surface area contributed by atoms with E-state index in [1.54, 1.807) is 12.5 Å². The van der Waals surface area contributed by atoms with E-state index in [1.165, 1.54) is 25.7 Å². The number of rotatable bonds is 4. The van der Waals surface area contributed by atoms with Crippen LogP contribution in [0.15, 0.2) is 35.3 Å². The molecule has 1 fully saturated rings. The van der Waals surface area contributed by atoms with Gasteiger partial charge in [0, 0.05) is 24.2 Å². The van der Waals surface area contributed by atoms with E-state index in [0.29, 0.717) is 6.04 Å². The Morgan fingerprint density at radius 3 is 2.94 bits per heavy atom. The molecule has 96 valence electrons. The van der Waals surface area contributed by atoms with Crippen LogP contribution in [0.25, 0.3) is 0 Å². The van der Waals surface area contributed by atoms with Crippen LogP contribution in [0.2, 0.25) is 0 Å². The van der Waals surface area contributed by atoms with Crippen molar-refractivity contribution in [1.29, 1.82) is 0 Å². The van der Waals surface area contributed by atoms with E-state index in [4.69, 9.17) is 10.2 Å². The maximum absolute atomic E-state index is 6.12. The standard InChI is InChI=1S/C14H19N3O/c15-14(11-6-8-18-10-11)9-12-5-7-17(16-12)13-3-1-2-4-13/h5-8,10,13-14H,1-4,9,15H2. The minimum atomic E-state index is -0.0318. The molecule has 2 heterocycles.